The predicted molar refractivity (Wildman–Crippen MR) is 42.4 cm³/mol. The van der Waals surface area contributed by atoms with E-state index in [1.165, 1.54) is 13.0 Å². The standard InChI is InChI=1S/C9H11F3O/c1-3-4-7-5-6(2)13-8(7)9(10,11)12/h5H,3-4H2,1-2H3. The lowest BCUT2D eigenvalue weighted by molar-refractivity contribution is -0.154. The summed E-state index contributed by atoms with van der Waals surface area (Å²) in [4.78, 5) is 0. The Morgan fingerprint density at radius 1 is 1.38 bits per heavy atom. The van der Waals surface area contributed by atoms with Gasteiger partial charge >= 0.3 is 6.18 Å². The molecule has 0 aromatic carbocycles. The van der Waals surface area contributed by atoms with Crippen LogP contribution in [0, 0.1) is 6.92 Å². The summed E-state index contributed by atoms with van der Waals surface area (Å²) in [6.07, 6.45) is -3.27. The molecular formula is C9H11F3O. The summed E-state index contributed by atoms with van der Waals surface area (Å²) in [6.45, 7) is 3.36. The smallest absolute Gasteiger partial charge is 0.449 e. The van der Waals surface area contributed by atoms with Gasteiger partial charge in [0.15, 0.2) is 0 Å². The Hall–Kier alpha value is -0.930. The summed E-state index contributed by atoms with van der Waals surface area (Å²) in [7, 11) is 0. The number of alkyl halides is 3. The quantitative estimate of drug-likeness (QED) is 0.698. The molecule has 0 bridgehead atoms. The normalized spacial score (nSPS) is 12.1. The first kappa shape index (κ1) is 10.2. The average Bonchev–Trinajstić information content (AvgIpc) is 2.30. The molecule has 0 fully saturated rings. The van der Waals surface area contributed by atoms with Gasteiger partial charge in [0.25, 0.3) is 0 Å². The van der Waals surface area contributed by atoms with E-state index in [4.69, 9.17) is 0 Å². The molecule has 13 heavy (non-hydrogen) atoms. The van der Waals surface area contributed by atoms with Crippen molar-refractivity contribution < 1.29 is 17.6 Å². The van der Waals surface area contributed by atoms with Crippen molar-refractivity contribution in [1.82, 2.24) is 0 Å². The second-order valence-electron chi connectivity index (χ2n) is 2.96. The van der Waals surface area contributed by atoms with E-state index in [1.54, 1.807) is 0 Å². The second-order valence-corrected chi connectivity index (χ2v) is 2.96. The largest absolute Gasteiger partial charge is 0.457 e. The third-order valence-electron chi connectivity index (χ3n) is 1.71. The van der Waals surface area contributed by atoms with E-state index in [-0.39, 0.29) is 5.56 Å². The fourth-order valence-electron chi connectivity index (χ4n) is 1.26. The van der Waals surface area contributed by atoms with Crippen molar-refractivity contribution in [2.45, 2.75) is 32.9 Å². The maximum Gasteiger partial charge on any atom is 0.449 e. The minimum Gasteiger partial charge on any atom is -0.457 e. The lowest BCUT2D eigenvalue weighted by Crippen LogP contribution is -2.06. The Labute approximate surface area is 74.5 Å². The van der Waals surface area contributed by atoms with E-state index in [0.717, 1.165) is 0 Å². The molecule has 0 aliphatic rings. The van der Waals surface area contributed by atoms with Gasteiger partial charge in [0.05, 0.1) is 0 Å². The van der Waals surface area contributed by atoms with Crippen LogP contribution in [0.15, 0.2) is 10.5 Å². The highest BCUT2D eigenvalue weighted by molar-refractivity contribution is 5.23. The van der Waals surface area contributed by atoms with Crippen molar-refractivity contribution in [3.05, 3.63) is 23.2 Å². The fraction of sp³-hybridized carbons (Fsp3) is 0.556. The van der Waals surface area contributed by atoms with E-state index in [1.807, 2.05) is 6.92 Å². The SMILES string of the molecule is CCCc1cc(C)oc1C(F)(F)F. The number of hydrogen-bond donors (Lipinski definition) is 0. The number of rotatable bonds is 2. The molecule has 1 aromatic heterocycles. The van der Waals surface area contributed by atoms with Crippen LogP contribution in [0.3, 0.4) is 0 Å². The minimum absolute atomic E-state index is 0.257. The predicted octanol–water partition coefficient (Wildman–Crippen LogP) is 3.56. The Morgan fingerprint density at radius 2 is 2.00 bits per heavy atom. The number of halogens is 3. The number of hydrogen-bond acceptors (Lipinski definition) is 1. The van der Waals surface area contributed by atoms with Crippen LogP contribution in [-0.2, 0) is 12.6 Å². The van der Waals surface area contributed by atoms with E-state index in [2.05, 4.69) is 4.42 Å². The lowest BCUT2D eigenvalue weighted by atomic mass is 10.1. The van der Waals surface area contributed by atoms with Gasteiger partial charge in [-0.3, -0.25) is 0 Å². The molecular weight excluding hydrogens is 181 g/mol. The zero-order valence-electron chi connectivity index (χ0n) is 7.53. The summed E-state index contributed by atoms with van der Waals surface area (Å²) in [5.41, 5.74) is 0.257. The van der Waals surface area contributed by atoms with Crippen LogP contribution < -0.4 is 0 Å². The third kappa shape index (κ3) is 2.26. The van der Waals surface area contributed by atoms with Gasteiger partial charge in [0, 0.05) is 5.56 Å². The Morgan fingerprint density at radius 3 is 2.46 bits per heavy atom. The van der Waals surface area contributed by atoms with Gasteiger partial charge < -0.3 is 4.42 Å². The maximum absolute atomic E-state index is 12.3. The van der Waals surface area contributed by atoms with Crippen molar-refractivity contribution in [3.63, 3.8) is 0 Å². The van der Waals surface area contributed by atoms with Gasteiger partial charge in [-0.1, -0.05) is 13.3 Å². The van der Waals surface area contributed by atoms with E-state index in [0.29, 0.717) is 18.6 Å². The van der Waals surface area contributed by atoms with Gasteiger partial charge in [-0.2, -0.15) is 13.2 Å². The minimum atomic E-state index is -4.36. The highest BCUT2D eigenvalue weighted by Gasteiger charge is 2.37. The van der Waals surface area contributed by atoms with Crippen LogP contribution in [0.2, 0.25) is 0 Å². The van der Waals surface area contributed by atoms with Gasteiger partial charge in [-0.05, 0) is 19.4 Å². The van der Waals surface area contributed by atoms with Crippen LogP contribution >= 0.6 is 0 Å². The van der Waals surface area contributed by atoms with Crippen molar-refractivity contribution in [2.24, 2.45) is 0 Å². The van der Waals surface area contributed by atoms with Crippen molar-refractivity contribution >= 4 is 0 Å². The molecule has 1 nitrogen and oxygen atoms in total. The topological polar surface area (TPSA) is 13.1 Å². The summed E-state index contributed by atoms with van der Waals surface area (Å²) < 4.78 is 41.5. The molecule has 0 aliphatic carbocycles. The first-order chi connectivity index (χ1) is 5.95. The van der Waals surface area contributed by atoms with Gasteiger partial charge in [-0.15, -0.1) is 0 Å². The number of aryl methyl sites for hydroxylation is 2. The van der Waals surface area contributed by atoms with Crippen LogP contribution in [-0.4, -0.2) is 0 Å². The zero-order chi connectivity index (χ0) is 10.1. The highest BCUT2D eigenvalue weighted by atomic mass is 19.4. The van der Waals surface area contributed by atoms with Crippen molar-refractivity contribution in [2.75, 3.05) is 0 Å². The summed E-state index contributed by atoms with van der Waals surface area (Å²) in [5.74, 6) is -0.525. The molecule has 0 aliphatic heterocycles. The van der Waals surface area contributed by atoms with Gasteiger partial charge in [0.1, 0.15) is 5.76 Å². The molecule has 0 N–H and O–H groups in total. The highest BCUT2D eigenvalue weighted by Crippen LogP contribution is 2.34. The Balaban J connectivity index is 3.04. The van der Waals surface area contributed by atoms with E-state index < -0.39 is 11.9 Å². The lowest BCUT2D eigenvalue weighted by Gasteiger charge is -2.04. The molecule has 0 radical (unpaired) electrons. The van der Waals surface area contributed by atoms with Crippen molar-refractivity contribution in [3.8, 4) is 0 Å². The molecule has 0 saturated carbocycles. The van der Waals surface area contributed by atoms with Crippen LogP contribution in [0.1, 0.15) is 30.4 Å². The van der Waals surface area contributed by atoms with Crippen LogP contribution in [0.4, 0.5) is 13.2 Å². The molecule has 1 aromatic rings. The molecule has 0 unspecified atom stereocenters. The molecule has 0 spiro atoms. The number of furan rings is 1. The first-order valence-electron chi connectivity index (χ1n) is 4.11. The van der Waals surface area contributed by atoms with E-state index >= 15 is 0 Å². The summed E-state index contributed by atoms with van der Waals surface area (Å²) in [5, 5.41) is 0. The molecule has 0 saturated heterocycles. The third-order valence-corrected chi connectivity index (χ3v) is 1.71. The summed E-state index contributed by atoms with van der Waals surface area (Å²) in [6, 6.07) is 1.45. The average molecular weight is 192 g/mol. The van der Waals surface area contributed by atoms with E-state index in [9.17, 15) is 13.2 Å². The zero-order valence-corrected chi connectivity index (χ0v) is 7.53. The molecule has 74 valence electrons. The fourth-order valence-corrected chi connectivity index (χ4v) is 1.26. The van der Waals surface area contributed by atoms with Crippen molar-refractivity contribution in [1.29, 1.82) is 0 Å². The summed E-state index contributed by atoms with van der Waals surface area (Å²) >= 11 is 0. The Bertz CT molecular complexity index is 286. The molecule has 4 heteroatoms. The Kier molecular flexibility index (Phi) is 2.68. The van der Waals surface area contributed by atoms with Crippen LogP contribution in [0.5, 0.6) is 0 Å². The molecule has 0 atom stereocenters. The molecule has 0 amide bonds. The molecule has 1 rings (SSSR count). The van der Waals surface area contributed by atoms with Crippen LogP contribution in [0.25, 0.3) is 0 Å². The molecule has 1 heterocycles. The monoisotopic (exact) mass is 192 g/mol. The van der Waals surface area contributed by atoms with Gasteiger partial charge in [0.2, 0.25) is 5.76 Å². The first-order valence-corrected chi connectivity index (χ1v) is 4.11. The second kappa shape index (κ2) is 3.44. The van der Waals surface area contributed by atoms with Gasteiger partial charge in [-0.25, -0.2) is 0 Å². The maximum atomic E-state index is 12.3.